The second-order valence-electron chi connectivity index (χ2n) is 3.87. The van der Waals surface area contributed by atoms with Gasteiger partial charge in [0.1, 0.15) is 0 Å². The Labute approximate surface area is 82.9 Å². The first kappa shape index (κ1) is 11.1. The summed E-state index contributed by atoms with van der Waals surface area (Å²) in [4.78, 5) is 22.1. The van der Waals surface area contributed by atoms with Crippen molar-refractivity contribution in [1.82, 2.24) is 10.6 Å². The van der Waals surface area contributed by atoms with Gasteiger partial charge in [0.15, 0.2) is 0 Å². The highest BCUT2D eigenvalue weighted by atomic mass is 16.3. The molecule has 0 aromatic heterocycles. The highest BCUT2D eigenvalue weighted by Crippen LogP contribution is 2.07. The summed E-state index contributed by atoms with van der Waals surface area (Å²) >= 11 is 0. The lowest BCUT2D eigenvalue weighted by atomic mass is 10.0. The predicted octanol–water partition coefficient (Wildman–Crippen LogP) is -0.992. The van der Waals surface area contributed by atoms with Crippen LogP contribution in [0.5, 0.6) is 0 Å². The summed E-state index contributed by atoms with van der Waals surface area (Å²) in [6.45, 7) is 3.86. The van der Waals surface area contributed by atoms with Gasteiger partial charge in [-0.2, -0.15) is 0 Å². The number of aliphatic hydroxyl groups is 1. The third kappa shape index (κ3) is 2.52. The maximum Gasteiger partial charge on any atom is 0.244 e. The quantitative estimate of drug-likeness (QED) is 0.509. The molecule has 14 heavy (non-hydrogen) atoms. The van der Waals surface area contributed by atoms with E-state index in [2.05, 4.69) is 10.6 Å². The van der Waals surface area contributed by atoms with Gasteiger partial charge in [0.2, 0.25) is 11.8 Å². The molecule has 0 spiro atoms. The van der Waals surface area contributed by atoms with Crippen LogP contribution in [0.3, 0.4) is 0 Å². The van der Waals surface area contributed by atoms with E-state index in [0.717, 1.165) is 0 Å². The Morgan fingerprint density at radius 1 is 1.57 bits per heavy atom. The summed E-state index contributed by atoms with van der Waals surface area (Å²) < 4.78 is 0. The molecule has 0 saturated carbocycles. The van der Waals surface area contributed by atoms with Crippen molar-refractivity contribution in [2.24, 2.45) is 5.92 Å². The van der Waals surface area contributed by atoms with Crippen LogP contribution in [0.15, 0.2) is 0 Å². The van der Waals surface area contributed by atoms with Crippen molar-refractivity contribution in [2.45, 2.75) is 32.4 Å². The SMILES string of the molecule is CC(C)C(CO)NC1CC(=O)NC1=O. The van der Waals surface area contributed by atoms with Crippen molar-refractivity contribution in [3.05, 3.63) is 0 Å². The van der Waals surface area contributed by atoms with E-state index < -0.39 is 6.04 Å². The number of amides is 2. The summed E-state index contributed by atoms with van der Waals surface area (Å²) in [5, 5.41) is 14.2. The van der Waals surface area contributed by atoms with E-state index in [1.54, 1.807) is 0 Å². The Bertz CT molecular complexity index is 240. The third-order valence-corrected chi connectivity index (χ3v) is 2.39. The fourth-order valence-corrected chi connectivity index (χ4v) is 1.40. The molecule has 1 heterocycles. The van der Waals surface area contributed by atoms with Crippen LogP contribution >= 0.6 is 0 Å². The molecule has 1 aliphatic heterocycles. The van der Waals surface area contributed by atoms with Gasteiger partial charge in [0.25, 0.3) is 0 Å². The Morgan fingerprint density at radius 2 is 2.21 bits per heavy atom. The standard InChI is InChI=1S/C9H16N2O3/c1-5(2)7(4-12)10-6-3-8(13)11-9(6)14/h5-7,10,12H,3-4H2,1-2H3,(H,11,13,14). The number of nitrogens with one attached hydrogen (secondary N) is 2. The fourth-order valence-electron chi connectivity index (χ4n) is 1.40. The molecule has 2 atom stereocenters. The lowest BCUT2D eigenvalue weighted by molar-refractivity contribution is -0.125. The van der Waals surface area contributed by atoms with Crippen LogP contribution < -0.4 is 10.6 Å². The number of rotatable bonds is 4. The Morgan fingerprint density at radius 3 is 2.57 bits per heavy atom. The summed E-state index contributed by atoms with van der Waals surface area (Å²) in [5.41, 5.74) is 0. The number of carbonyl (C=O) groups excluding carboxylic acids is 2. The second-order valence-corrected chi connectivity index (χ2v) is 3.87. The van der Waals surface area contributed by atoms with Crippen LogP contribution in [0.4, 0.5) is 0 Å². The van der Waals surface area contributed by atoms with Crippen molar-refractivity contribution in [2.75, 3.05) is 6.61 Å². The van der Waals surface area contributed by atoms with Crippen molar-refractivity contribution in [3.8, 4) is 0 Å². The normalized spacial score (nSPS) is 24.1. The van der Waals surface area contributed by atoms with E-state index in [0.29, 0.717) is 0 Å². The Kier molecular flexibility index (Phi) is 3.60. The topological polar surface area (TPSA) is 78.4 Å². The lowest BCUT2D eigenvalue weighted by Crippen LogP contribution is -2.46. The zero-order chi connectivity index (χ0) is 10.7. The summed E-state index contributed by atoms with van der Waals surface area (Å²) in [7, 11) is 0. The Hall–Kier alpha value is -0.940. The minimum atomic E-state index is -0.484. The lowest BCUT2D eigenvalue weighted by Gasteiger charge is -2.22. The van der Waals surface area contributed by atoms with Gasteiger partial charge in [0.05, 0.1) is 19.1 Å². The number of hydrogen-bond donors (Lipinski definition) is 3. The zero-order valence-electron chi connectivity index (χ0n) is 8.41. The van der Waals surface area contributed by atoms with E-state index in [-0.39, 0.29) is 36.8 Å². The smallest absolute Gasteiger partial charge is 0.244 e. The molecule has 0 aliphatic carbocycles. The van der Waals surface area contributed by atoms with Gasteiger partial charge in [-0.15, -0.1) is 0 Å². The van der Waals surface area contributed by atoms with Crippen molar-refractivity contribution < 1.29 is 14.7 Å². The minimum Gasteiger partial charge on any atom is -0.395 e. The molecular formula is C9H16N2O3. The second kappa shape index (κ2) is 4.52. The monoisotopic (exact) mass is 200 g/mol. The van der Waals surface area contributed by atoms with Gasteiger partial charge >= 0.3 is 0 Å². The van der Waals surface area contributed by atoms with E-state index in [1.807, 2.05) is 13.8 Å². The first-order valence-corrected chi connectivity index (χ1v) is 4.75. The number of hydrogen-bond acceptors (Lipinski definition) is 4. The molecule has 2 amide bonds. The Balaban J connectivity index is 2.50. The fraction of sp³-hybridized carbons (Fsp3) is 0.778. The molecule has 0 aromatic carbocycles. The maximum atomic E-state index is 11.2. The average molecular weight is 200 g/mol. The molecule has 1 saturated heterocycles. The van der Waals surface area contributed by atoms with Gasteiger partial charge in [0, 0.05) is 6.04 Å². The first-order chi connectivity index (χ1) is 6.54. The van der Waals surface area contributed by atoms with Crippen molar-refractivity contribution >= 4 is 11.8 Å². The predicted molar refractivity (Wildman–Crippen MR) is 50.4 cm³/mol. The maximum absolute atomic E-state index is 11.2. The van der Waals surface area contributed by atoms with E-state index in [9.17, 15) is 9.59 Å². The molecule has 2 unspecified atom stereocenters. The molecule has 80 valence electrons. The summed E-state index contributed by atoms with van der Waals surface area (Å²) in [5.74, 6) is -0.328. The molecule has 0 radical (unpaired) electrons. The number of imide groups is 1. The molecule has 3 N–H and O–H groups in total. The number of carbonyl (C=O) groups is 2. The van der Waals surface area contributed by atoms with Gasteiger partial charge in [-0.05, 0) is 5.92 Å². The van der Waals surface area contributed by atoms with Crippen LogP contribution in [0.1, 0.15) is 20.3 Å². The molecule has 1 aliphatic rings. The van der Waals surface area contributed by atoms with Crippen LogP contribution in [0.2, 0.25) is 0 Å². The van der Waals surface area contributed by atoms with Gasteiger partial charge in [-0.1, -0.05) is 13.8 Å². The van der Waals surface area contributed by atoms with Crippen molar-refractivity contribution in [3.63, 3.8) is 0 Å². The van der Waals surface area contributed by atoms with E-state index in [4.69, 9.17) is 5.11 Å². The van der Waals surface area contributed by atoms with Crippen LogP contribution in [-0.4, -0.2) is 35.6 Å². The van der Waals surface area contributed by atoms with Gasteiger partial charge < -0.3 is 10.4 Å². The molecular weight excluding hydrogens is 184 g/mol. The minimum absolute atomic E-state index is 0.0321. The highest BCUT2D eigenvalue weighted by Gasteiger charge is 2.32. The van der Waals surface area contributed by atoms with E-state index in [1.165, 1.54) is 0 Å². The van der Waals surface area contributed by atoms with Crippen LogP contribution in [-0.2, 0) is 9.59 Å². The van der Waals surface area contributed by atoms with E-state index >= 15 is 0 Å². The average Bonchev–Trinajstić information content (AvgIpc) is 2.40. The zero-order valence-corrected chi connectivity index (χ0v) is 8.41. The van der Waals surface area contributed by atoms with Gasteiger partial charge in [-0.3, -0.25) is 14.9 Å². The molecule has 0 aromatic rings. The van der Waals surface area contributed by atoms with Crippen molar-refractivity contribution in [1.29, 1.82) is 0 Å². The highest BCUT2D eigenvalue weighted by molar-refractivity contribution is 6.05. The third-order valence-electron chi connectivity index (χ3n) is 2.39. The molecule has 0 bridgehead atoms. The molecule has 5 heteroatoms. The first-order valence-electron chi connectivity index (χ1n) is 4.75. The summed E-state index contributed by atoms with van der Waals surface area (Å²) in [6, 6.07) is -0.626. The largest absolute Gasteiger partial charge is 0.395 e. The van der Waals surface area contributed by atoms with Crippen LogP contribution in [0, 0.1) is 5.92 Å². The number of aliphatic hydroxyl groups excluding tert-OH is 1. The molecule has 5 nitrogen and oxygen atoms in total. The van der Waals surface area contributed by atoms with Gasteiger partial charge in [-0.25, -0.2) is 0 Å². The molecule has 1 rings (SSSR count). The van der Waals surface area contributed by atoms with Crippen LogP contribution in [0.25, 0.3) is 0 Å². The summed E-state index contributed by atoms with van der Waals surface area (Å²) in [6.07, 6.45) is 0.169. The molecule has 1 fully saturated rings.